The van der Waals surface area contributed by atoms with E-state index in [1.54, 1.807) is 0 Å². The lowest BCUT2D eigenvalue weighted by Gasteiger charge is -2.44. The Kier molecular flexibility index (Phi) is 6.36. The molecule has 2 aliphatic rings. The number of ether oxygens (including phenoxy) is 1. The molecule has 0 radical (unpaired) electrons. The fourth-order valence-electron chi connectivity index (χ4n) is 4.59. The van der Waals surface area contributed by atoms with E-state index in [1.165, 1.54) is 9.13 Å². The van der Waals surface area contributed by atoms with E-state index in [1.807, 2.05) is 13.8 Å². The number of halogens is 2. The molecule has 1 aromatic carbocycles. The zero-order valence-corrected chi connectivity index (χ0v) is 17.1. The Morgan fingerprint density at radius 3 is 2.68 bits per heavy atom. The van der Waals surface area contributed by atoms with Crippen LogP contribution in [0.25, 0.3) is 0 Å². The summed E-state index contributed by atoms with van der Waals surface area (Å²) in [7, 11) is 0. The summed E-state index contributed by atoms with van der Waals surface area (Å²) in [6.07, 6.45) is 3.51. The number of esters is 1. The maximum Gasteiger partial charge on any atom is 0.311 e. The van der Waals surface area contributed by atoms with Gasteiger partial charge >= 0.3 is 5.97 Å². The Labute approximate surface area is 163 Å². The molecule has 3 rings (SSSR count). The van der Waals surface area contributed by atoms with Crippen LogP contribution in [0.4, 0.5) is 4.39 Å². The van der Waals surface area contributed by atoms with Gasteiger partial charge in [-0.05, 0) is 79.8 Å². The number of rotatable bonds is 6. The van der Waals surface area contributed by atoms with Crippen LogP contribution in [-0.4, -0.2) is 42.3 Å². The van der Waals surface area contributed by atoms with Gasteiger partial charge in [0.15, 0.2) is 0 Å². The molecule has 25 heavy (non-hydrogen) atoms. The third kappa shape index (κ3) is 4.18. The van der Waals surface area contributed by atoms with Crippen molar-refractivity contribution in [3.05, 3.63) is 33.4 Å². The molecule has 0 N–H and O–H groups in total. The van der Waals surface area contributed by atoms with Crippen molar-refractivity contribution in [1.29, 1.82) is 0 Å². The lowest BCUT2D eigenvalue weighted by molar-refractivity contribution is -0.157. The van der Waals surface area contributed by atoms with E-state index in [0.717, 1.165) is 25.8 Å². The van der Waals surface area contributed by atoms with Crippen molar-refractivity contribution in [3.63, 3.8) is 0 Å². The predicted molar refractivity (Wildman–Crippen MR) is 105 cm³/mol. The Morgan fingerprint density at radius 2 is 2.04 bits per heavy atom. The fraction of sp³-hybridized carbons (Fsp3) is 0.650. The molecular formula is C20H27FINO2. The molecule has 4 atom stereocenters. The second kappa shape index (κ2) is 8.33. The molecule has 5 heteroatoms. The van der Waals surface area contributed by atoms with Gasteiger partial charge in [-0.25, -0.2) is 0 Å². The van der Waals surface area contributed by atoms with Gasteiger partial charge in [-0.2, -0.15) is 0 Å². The average molecular weight is 455 g/mol. The summed E-state index contributed by atoms with van der Waals surface area (Å²) in [6, 6.07) is 9.16. The Morgan fingerprint density at radius 1 is 1.32 bits per heavy atom. The summed E-state index contributed by atoms with van der Waals surface area (Å²) >= 11 is 2.31. The van der Waals surface area contributed by atoms with Crippen molar-refractivity contribution >= 4 is 28.6 Å². The van der Waals surface area contributed by atoms with Gasteiger partial charge in [0.1, 0.15) is 0 Å². The van der Waals surface area contributed by atoms with Gasteiger partial charge in [-0.3, -0.25) is 14.1 Å². The first kappa shape index (κ1) is 19.1. The molecule has 1 aromatic rings. The first-order valence-electron chi connectivity index (χ1n) is 9.29. The topological polar surface area (TPSA) is 29.5 Å². The van der Waals surface area contributed by atoms with Crippen LogP contribution in [0.15, 0.2) is 24.3 Å². The first-order chi connectivity index (χ1) is 12.0. The van der Waals surface area contributed by atoms with Gasteiger partial charge in [0.25, 0.3) is 0 Å². The minimum absolute atomic E-state index is 0.0888. The monoisotopic (exact) mass is 455 g/mol. The summed E-state index contributed by atoms with van der Waals surface area (Å²) < 4.78 is 19.5. The van der Waals surface area contributed by atoms with Crippen molar-refractivity contribution < 1.29 is 13.9 Å². The van der Waals surface area contributed by atoms with Crippen molar-refractivity contribution in [2.24, 2.45) is 5.92 Å². The first-order valence-corrected chi connectivity index (χ1v) is 10.4. The zero-order chi connectivity index (χ0) is 18.0. The highest BCUT2D eigenvalue weighted by atomic mass is 123. The van der Waals surface area contributed by atoms with E-state index < -0.39 is 0 Å². The molecule has 138 valence electrons. The number of alkyl halides is 1. The third-order valence-electron chi connectivity index (χ3n) is 5.54. The average Bonchev–Trinajstić information content (AvgIpc) is 2.84. The van der Waals surface area contributed by atoms with Crippen molar-refractivity contribution in [1.82, 2.24) is 4.90 Å². The second-order valence-corrected chi connectivity index (χ2v) is 8.73. The van der Waals surface area contributed by atoms with Crippen LogP contribution in [0.5, 0.6) is 0 Å². The minimum atomic E-state index is -0.294. The predicted octanol–water partition coefficient (Wildman–Crippen LogP) is 4.54. The molecule has 3 nitrogen and oxygen atoms in total. The van der Waals surface area contributed by atoms with Gasteiger partial charge in [-0.15, -0.1) is 0 Å². The molecule has 0 amide bonds. The second-order valence-electron chi connectivity index (χ2n) is 7.48. The highest BCUT2D eigenvalue weighted by Crippen LogP contribution is 2.47. The largest absolute Gasteiger partial charge is 0.463 e. The Balaban J connectivity index is 1.89. The third-order valence-corrected chi connectivity index (χ3v) is 6.26. The van der Waals surface area contributed by atoms with E-state index in [-0.39, 0.29) is 36.6 Å². The highest BCUT2D eigenvalue weighted by Gasteiger charge is 2.50. The molecule has 0 aromatic heterocycles. The molecule has 2 aliphatic heterocycles. The fourth-order valence-corrected chi connectivity index (χ4v) is 4.95. The van der Waals surface area contributed by atoms with Crippen molar-refractivity contribution in [2.45, 2.75) is 63.6 Å². The number of carbonyl (C=O) groups is 1. The van der Waals surface area contributed by atoms with Crippen molar-refractivity contribution in [3.8, 4) is 0 Å². The van der Waals surface area contributed by atoms with E-state index >= 15 is 0 Å². The van der Waals surface area contributed by atoms with Gasteiger partial charge < -0.3 is 4.74 Å². The van der Waals surface area contributed by atoms with Gasteiger partial charge in [0, 0.05) is 28.1 Å². The molecule has 2 heterocycles. The maximum absolute atomic E-state index is 12.9. The van der Waals surface area contributed by atoms with Gasteiger partial charge in [0.05, 0.1) is 18.7 Å². The normalized spacial score (nSPS) is 29.2. The van der Waals surface area contributed by atoms with Crippen LogP contribution in [0, 0.1) is 9.49 Å². The van der Waals surface area contributed by atoms with Crippen LogP contribution < -0.4 is 0 Å². The molecule has 0 saturated carbocycles. The summed E-state index contributed by atoms with van der Waals surface area (Å²) in [5.41, 5.74) is 1.23. The van der Waals surface area contributed by atoms with E-state index in [0.29, 0.717) is 12.5 Å². The zero-order valence-electron chi connectivity index (χ0n) is 15.0. The molecular weight excluding hydrogens is 428 g/mol. The number of nitrogens with zero attached hydrogens (tertiary/aromatic N) is 1. The molecule has 0 spiro atoms. The molecule has 2 saturated heterocycles. The number of fused-ring (bicyclic) bond motifs is 2. The lowest BCUT2D eigenvalue weighted by Crippen LogP contribution is -2.51. The van der Waals surface area contributed by atoms with Crippen LogP contribution in [0.3, 0.4) is 0 Å². The Bertz CT molecular complexity index is 592. The van der Waals surface area contributed by atoms with Gasteiger partial charge in [0.2, 0.25) is 0 Å². The molecule has 2 bridgehead atoms. The lowest BCUT2D eigenvalue weighted by atomic mass is 9.76. The van der Waals surface area contributed by atoms with Crippen LogP contribution in [0.1, 0.15) is 51.0 Å². The van der Waals surface area contributed by atoms with Gasteiger partial charge in [-0.1, -0.05) is 12.1 Å². The number of benzene rings is 1. The number of carbonyl (C=O) groups excluding carboxylic acids is 1. The maximum atomic E-state index is 12.9. The van der Waals surface area contributed by atoms with Crippen LogP contribution in [-0.2, 0) is 9.53 Å². The van der Waals surface area contributed by atoms with Crippen molar-refractivity contribution in [2.75, 3.05) is 13.2 Å². The minimum Gasteiger partial charge on any atom is -0.463 e. The summed E-state index contributed by atoms with van der Waals surface area (Å²) in [5, 5.41) is 0. The summed E-state index contributed by atoms with van der Waals surface area (Å²) in [5.74, 6) is -0.0441. The highest BCUT2D eigenvalue weighted by molar-refractivity contribution is 14.1. The summed E-state index contributed by atoms with van der Waals surface area (Å²) in [6.45, 7) is 4.26. The van der Waals surface area contributed by atoms with E-state index in [4.69, 9.17) is 4.74 Å². The molecule has 2 fully saturated rings. The SMILES string of the molecule is CC(C)OC(=O)C1C(c2ccc([123I])cc2)CC2CCC1N2CCCF. The number of hydrogen-bond acceptors (Lipinski definition) is 3. The smallest absolute Gasteiger partial charge is 0.311 e. The van der Waals surface area contributed by atoms with E-state index in [2.05, 4.69) is 51.8 Å². The van der Waals surface area contributed by atoms with Crippen LogP contribution in [0.2, 0.25) is 0 Å². The summed E-state index contributed by atoms with van der Waals surface area (Å²) in [4.78, 5) is 15.3. The number of hydrogen-bond donors (Lipinski definition) is 0. The van der Waals surface area contributed by atoms with Crippen LogP contribution >= 0.6 is 22.6 Å². The number of piperidine rings is 1. The quantitative estimate of drug-likeness (QED) is 0.466. The van der Waals surface area contributed by atoms with E-state index in [9.17, 15) is 9.18 Å². The molecule has 4 unspecified atom stereocenters. The Hall–Kier alpha value is -0.690. The standard InChI is InChI=1S/C20H27FINO2/c1-13(2)25-20(24)19-17(14-4-6-15(22)7-5-14)12-16-8-9-18(19)23(16)11-3-10-21/h4-7,13,16-19H,3,8-12H2,1-2H3/i22-4. The molecule has 0 aliphatic carbocycles.